The zero-order chi connectivity index (χ0) is 14.4. The Balaban J connectivity index is 1.91. The lowest BCUT2D eigenvalue weighted by Crippen LogP contribution is -2.27. The van der Waals surface area contributed by atoms with Crippen LogP contribution < -0.4 is 5.32 Å². The summed E-state index contributed by atoms with van der Waals surface area (Å²) in [6, 6.07) is 18.9. The Labute approximate surface area is 123 Å². The Morgan fingerprint density at radius 3 is 2.20 bits per heavy atom. The molecule has 2 aromatic carbocycles. The predicted octanol–water partition coefficient (Wildman–Crippen LogP) is 3.21. The molecule has 2 atom stereocenters. The molecule has 2 rings (SSSR count). The van der Waals surface area contributed by atoms with Crippen LogP contribution in [-0.4, -0.2) is 22.3 Å². The van der Waals surface area contributed by atoms with E-state index >= 15 is 0 Å². The van der Waals surface area contributed by atoms with E-state index in [1.54, 1.807) is 6.26 Å². The molecule has 0 amide bonds. The van der Waals surface area contributed by atoms with Crippen molar-refractivity contribution in [2.75, 3.05) is 12.8 Å². The van der Waals surface area contributed by atoms with E-state index in [0.717, 1.165) is 13.1 Å². The second-order valence-electron chi connectivity index (χ2n) is 5.00. The minimum Gasteiger partial charge on any atom is -0.311 e. The van der Waals surface area contributed by atoms with Gasteiger partial charge in [0.15, 0.2) is 0 Å². The second-order valence-corrected chi connectivity index (χ2v) is 6.80. The molecular weight excluding hydrogens is 266 g/mol. The molecule has 0 saturated carbocycles. The predicted molar refractivity (Wildman–Crippen MR) is 87.1 cm³/mol. The van der Waals surface area contributed by atoms with Gasteiger partial charge in [-0.1, -0.05) is 54.6 Å². The van der Waals surface area contributed by atoms with Crippen molar-refractivity contribution in [1.82, 2.24) is 5.32 Å². The first-order valence-corrected chi connectivity index (χ1v) is 8.46. The SMILES string of the molecule is CC(CNCc1ccc(-c2ccccc2)cc1)S(C)=O. The lowest BCUT2D eigenvalue weighted by Gasteiger charge is -2.10. The zero-order valence-electron chi connectivity index (χ0n) is 12.0. The lowest BCUT2D eigenvalue weighted by molar-refractivity contribution is 0.647. The van der Waals surface area contributed by atoms with E-state index in [0.29, 0.717) is 0 Å². The van der Waals surface area contributed by atoms with Gasteiger partial charge < -0.3 is 5.32 Å². The minimum absolute atomic E-state index is 0.193. The van der Waals surface area contributed by atoms with Crippen LogP contribution in [0.3, 0.4) is 0 Å². The molecule has 0 aliphatic heterocycles. The molecule has 0 bridgehead atoms. The highest BCUT2D eigenvalue weighted by Crippen LogP contribution is 2.19. The molecule has 2 unspecified atom stereocenters. The summed E-state index contributed by atoms with van der Waals surface area (Å²) in [5, 5.41) is 3.54. The highest BCUT2D eigenvalue weighted by molar-refractivity contribution is 7.84. The third kappa shape index (κ3) is 4.29. The summed E-state index contributed by atoms with van der Waals surface area (Å²) in [4.78, 5) is 0. The van der Waals surface area contributed by atoms with Gasteiger partial charge in [0.05, 0.1) is 0 Å². The van der Waals surface area contributed by atoms with Crippen molar-refractivity contribution in [2.24, 2.45) is 0 Å². The summed E-state index contributed by atoms with van der Waals surface area (Å²) in [6.07, 6.45) is 1.75. The molecule has 3 heteroatoms. The van der Waals surface area contributed by atoms with Crippen molar-refractivity contribution in [3.63, 3.8) is 0 Å². The summed E-state index contributed by atoms with van der Waals surface area (Å²) in [7, 11) is -0.759. The first-order chi connectivity index (χ1) is 9.66. The van der Waals surface area contributed by atoms with E-state index in [1.165, 1.54) is 16.7 Å². The minimum atomic E-state index is -0.759. The van der Waals surface area contributed by atoms with Gasteiger partial charge in [-0.3, -0.25) is 4.21 Å². The van der Waals surface area contributed by atoms with Crippen molar-refractivity contribution in [1.29, 1.82) is 0 Å². The van der Waals surface area contributed by atoms with Crippen LogP contribution in [0.4, 0.5) is 0 Å². The van der Waals surface area contributed by atoms with Gasteiger partial charge in [0.25, 0.3) is 0 Å². The third-order valence-electron chi connectivity index (χ3n) is 3.39. The van der Waals surface area contributed by atoms with Crippen LogP contribution in [0.1, 0.15) is 12.5 Å². The molecule has 0 fully saturated rings. The van der Waals surface area contributed by atoms with E-state index < -0.39 is 10.8 Å². The van der Waals surface area contributed by atoms with Gasteiger partial charge in [-0.2, -0.15) is 0 Å². The number of benzene rings is 2. The zero-order valence-corrected chi connectivity index (χ0v) is 12.8. The van der Waals surface area contributed by atoms with E-state index in [2.05, 4.69) is 53.8 Å². The number of hydrogen-bond acceptors (Lipinski definition) is 2. The highest BCUT2D eigenvalue weighted by atomic mass is 32.2. The maximum absolute atomic E-state index is 11.3. The van der Waals surface area contributed by atoms with Crippen LogP contribution in [0.5, 0.6) is 0 Å². The fourth-order valence-electron chi connectivity index (χ4n) is 1.98. The molecule has 0 spiro atoms. The summed E-state index contributed by atoms with van der Waals surface area (Å²) in [6.45, 7) is 3.60. The molecule has 0 aromatic heterocycles. The van der Waals surface area contributed by atoms with Crippen molar-refractivity contribution < 1.29 is 4.21 Å². The van der Waals surface area contributed by atoms with Gasteiger partial charge in [-0.25, -0.2) is 0 Å². The molecule has 0 aliphatic carbocycles. The molecule has 0 radical (unpaired) electrons. The van der Waals surface area contributed by atoms with Gasteiger partial charge in [-0.05, 0) is 23.6 Å². The number of rotatable bonds is 6. The average molecular weight is 287 g/mol. The maximum atomic E-state index is 11.3. The Bertz CT molecular complexity index is 551. The molecule has 20 heavy (non-hydrogen) atoms. The molecule has 2 aromatic rings. The second kappa shape index (κ2) is 7.36. The van der Waals surface area contributed by atoms with Gasteiger partial charge in [0.1, 0.15) is 0 Å². The van der Waals surface area contributed by atoms with Crippen LogP contribution in [0.25, 0.3) is 11.1 Å². The maximum Gasteiger partial charge on any atom is 0.0441 e. The van der Waals surface area contributed by atoms with Crippen molar-refractivity contribution in [3.05, 3.63) is 60.2 Å². The third-order valence-corrected chi connectivity index (χ3v) is 4.69. The van der Waals surface area contributed by atoms with Crippen LogP contribution in [-0.2, 0) is 17.3 Å². The van der Waals surface area contributed by atoms with Crippen molar-refractivity contribution in [2.45, 2.75) is 18.7 Å². The Hall–Kier alpha value is -1.45. The smallest absolute Gasteiger partial charge is 0.0441 e. The highest BCUT2D eigenvalue weighted by Gasteiger charge is 2.05. The summed E-state index contributed by atoms with van der Waals surface area (Å²) < 4.78 is 11.3. The van der Waals surface area contributed by atoms with E-state index in [-0.39, 0.29) is 5.25 Å². The molecular formula is C17H21NOS. The molecule has 106 valence electrons. The van der Waals surface area contributed by atoms with Crippen LogP contribution in [0.15, 0.2) is 54.6 Å². The largest absolute Gasteiger partial charge is 0.311 e. The molecule has 2 nitrogen and oxygen atoms in total. The van der Waals surface area contributed by atoms with Crippen LogP contribution in [0.2, 0.25) is 0 Å². The van der Waals surface area contributed by atoms with Gasteiger partial charge >= 0.3 is 0 Å². The van der Waals surface area contributed by atoms with E-state index in [1.807, 2.05) is 13.0 Å². The van der Waals surface area contributed by atoms with Crippen molar-refractivity contribution >= 4 is 10.8 Å². The van der Waals surface area contributed by atoms with Gasteiger partial charge in [-0.15, -0.1) is 0 Å². The molecule has 0 aliphatic rings. The average Bonchev–Trinajstić information content (AvgIpc) is 2.48. The number of nitrogens with one attached hydrogen (secondary N) is 1. The van der Waals surface area contributed by atoms with Crippen molar-refractivity contribution in [3.8, 4) is 11.1 Å². The van der Waals surface area contributed by atoms with E-state index in [9.17, 15) is 4.21 Å². The van der Waals surface area contributed by atoms with Crippen LogP contribution in [0, 0.1) is 0 Å². The topological polar surface area (TPSA) is 29.1 Å². The first kappa shape index (κ1) is 14.9. The molecule has 0 saturated heterocycles. The normalized spacial score (nSPS) is 13.9. The number of hydrogen-bond donors (Lipinski definition) is 1. The Morgan fingerprint density at radius 1 is 1.00 bits per heavy atom. The summed E-state index contributed by atoms with van der Waals surface area (Å²) in [5.74, 6) is 0. The monoisotopic (exact) mass is 287 g/mol. The standard InChI is InChI=1S/C17H21NOS/c1-14(20(2)19)12-18-13-15-8-10-17(11-9-15)16-6-4-3-5-7-16/h3-11,14,18H,12-13H2,1-2H3. The van der Waals surface area contributed by atoms with Gasteiger partial charge in [0, 0.05) is 35.4 Å². The summed E-state index contributed by atoms with van der Waals surface area (Å²) in [5.41, 5.74) is 3.72. The fraction of sp³-hybridized carbons (Fsp3) is 0.294. The van der Waals surface area contributed by atoms with Gasteiger partial charge in [0.2, 0.25) is 0 Å². The van der Waals surface area contributed by atoms with Crippen LogP contribution >= 0.6 is 0 Å². The van der Waals surface area contributed by atoms with E-state index in [4.69, 9.17) is 0 Å². The first-order valence-electron chi connectivity index (χ1n) is 6.84. The molecule has 1 N–H and O–H groups in total. The quantitative estimate of drug-likeness (QED) is 0.884. The Kier molecular flexibility index (Phi) is 5.50. The molecule has 0 heterocycles. The fourth-order valence-corrected chi connectivity index (χ4v) is 2.34. The lowest BCUT2D eigenvalue weighted by atomic mass is 10.0. The summed E-state index contributed by atoms with van der Waals surface area (Å²) >= 11 is 0. The Morgan fingerprint density at radius 2 is 1.60 bits per heavy atom.